The van der Waals surface area contributed by atoms with Crippen LogP contribution in [0.1, 0.15) is 24.4 Å². The minimum atomic E-state index is 0.177. The number of benzene rings is 1. The third-order valence-electron chi connectivity index (χ3n) is 2.79. The third-order valence-corrected chi connectivity index (χ3v) is 3.28. The number of hydrogen-bond donors (Lipinski definition) is 1. The minimum absolute atomic E-state index is 0.177. The second-order valence-corrected chi connectivity index (χ2v) is 5.32. The summed E-state index contributed by atoms with van der Waals surface area (Å²) in [5, 5.41) is 0. The van der Waals surface area contributed by atoms with Gasteiger partial charge in [0.2, 0.25) is 0 Å². The van der Waals surface area contributed by atoms with Gasteiger partial charge in [-0.15, -0.1) is 0 Å². The van der Waals surface area contributed by atoms with Crippen molar-refractivity contribution in [3.05, 3.63) is 46.3 Å². The number of aromatic nitrogens is 2. The van der Waals surface area contributed by atoms with Crippen LogP contribution in [0, 0.1) is 6.92 Å². The molecule has 2 rings (SSSR count). The van der Waals surface area contributed by atoms with Crippen LogP contribution >= 0.6 is 15.9 Å². The van der Waals surface area contributed by atoms with Crippen LogP contribution in [0.5, 0.6) is 0 Å². The van der Waals surface area contributed by atoms with Gasteiger partial charge in [-0.05, 0) is 25.1 Å². The van der Waals surface area contributed by atoms with Crippen molar-refractivity contribution in [1.82, 2.24) is 9.97 Å². The van der Waals surface area contributed by atoms with E-state index >= 15 is 0 Å². The summed E-state index contributed by atoms with van der Waals surface area (Å²) in [5.74, 6) is 0.989. The number of nitrogens with two attached hydrogens (primary N) is 1. The zero-order valence-electron chi connectivity index (χ0n) is 10.5. The van der Waals surface area contributed by atoms with Gasteiger partial charge in [0, 0.05) is 28.2 Å². The van der Waals surface area contributed by atoms with Gasteiger partial charge >= 0.3 is 0 Å². The first kappa shape index (κ1) is 13.2. The number of aryl methyl sites for hydroxylation is 1. The van der Waals surface area contributed by atoms with E-state index in [1.165, 1.54) is 0 Å². The number of halogens is 1. The highest BCUT2D eigenvalue weighted by Crippen LogP contribution is 2.23. The van der Waals surface area contributed by atoms with Gasteiger partial charge in [-0.1, -0.05) is 35.0 Å². The Hall–Kier alpha value is -1.26. The van der Waals surface area contributed by atoms with Gasteiger partial charge in [0.15, 0.2) is 0 Å². The second kappa shape index (κ2) is 5.59. The number of hydrogen-bond acceptors (Lipinski definition) is 3. The molecule has 0 aliphatic heterocycles. The van der Waals surface area contributed by atoms with E-state index in [4.69, 9.17) is 5.73 Å². The molecule has 94 valence electrons. The highest BCUT2D eigenvalue weighted by molar-refractivity contribution is 9.10. The Balaban J connectivity index is 2.48. The molecule has 2 aromatic rings. The van der Waals surface area contributed by atoms with Crippen LogP contribution in [-0.2, 0) is 0 Å². The van der Waals surface area contributed by atoms with Crippen LogP contribution in [0.15, 0.2) is 34.8 Å². The van der Waals surface area contributed by atoms with E-state index in [2.05, 4.69) is 32.0 Å². The molecular weight excluding hydrogens is 290 g/mol. The maximum atomic E-state index is 5.68. The average Bonchev–Trinajstić information content (AvgIpc) is 2.37. The molecule has 0 spiro atoms. The van der Waals surface area contributed by atoms with E-state index in [1.54, 1.807) is 0 Å². The van der Waals surface area contributed by atoms with E-state index in [0.717, 1.165) is 27.2 Å². The van der Waals surface area contributed by atoms with Gasteiger partial charge in [0.1, 0.15) is 5.82 Å². The molecule has 0 aliphatic rings. The maximum Gasteiger partial charge on any atom is 0.133 e. The lowest BCUT2D eigenvalue weighted by molar-refractivity contribution is 0.708. The highest BCUT2D eigenvalue weighted by atomic mass is 79.9. The highest BCUT2D eigenvalue weighted by Gasteiger charge is 2.10. The minimum Gasteiger partial charge on any atom is -0.330 e. The Kier molecular flexibility index (Phi) is 4.09. The standard InChI is InChI=1S/C14H16BrN3/c1-9(8-16)14-17-10(2)6-13(18-14)11-4-3-5-12(15)7-11/h3-7,9H,8,16H2,1-2H3. The molecule has 2 N–H and O–H groups in total. The summed E-state index contributed by atoms with van der Waals surface area (Å²) in [5.41, 5.74) is 8.67. The van der Waals surface area contributed by atoms with Crippen molar-refractivity contribution < 1.29 is 0 Å². The second-order valence-electron chi connectivity index (χ2n) is 4.40. The maximum absolute atomic E-state index is 5.68. The zero-order chi connectivity index (χ0) is 13.1. The lowest BCUT2D eigenvalue weighted by atomic mass is 10.1. The Morgan fingerprint density at radius 2 is 2.06 bits per heavy atom. The molecule has 1 aromatic heterocycles. The van der Waals surface area contributed by atoms with Crippen LogP contribution in [0.3, 0.4) is 0 Å². The van der Waals surface area contributed by atoms with E-state index < -0.39 is 0 Å². The molecular formula is C14H16BrN3. The molecule has 0 saturated carbocycles. The quantitative estimate of drug-likeness (QED) is 0.947. The lowest BCUT2D eigenvalue weighted by Crippen LogP contribution is -2.13. The van der Waals surface area contributed by atoms with Crippen LogP contribution in [-0.4, -0.2) is 16.5 Å². The van der Waals surface area contributed by atoms with Crippen molar-refractivity contribution in [2.45, 2.75) is 19.8 Å². The van der Waals surface area contributed by atoms with E-state index in [0.29, 0.717) is 6.54 Å². The summed E-state index contributed by atoms with van der Waals surface area (Å²) in [6.45, 7) is 4.58. The van der Waals surface area contributed by atoms with Crippen LogP contribution in [0.2, 0.25) is 0 Å². The normalized spacial score (nSPS) is 12.4. The molecule has 0 saturated heterocycles. The SMILES string of the molecule is Cc1cc(-c2cccc(Br)c2)nc(C(C)CN)n1. The molecule has 1 aromatic carbocycles. The Bertz CT molecular complexity index is 554. The molecule has 0 radical (unpaired) electrons. The molecule has 3 nitrogen and oxygen atoms in total. The van der Waals surface area contributed by atoms with Crippen molar-refractivity contribution in [2.75, 3.05) is 6.54 Å². The predicted octanol–water partition coefficient (Wildman–Crippen LogP) is 3.28. The van der Waals surface area contributed by atoms with E-state index in [9.17, 15) is 0 Å². The molecule has 18 heavy (non-hydrogen) atoms. The van der Waals surface area contributed by atoms with Gasteiger partial charge < -0.3 is 5.73 Å². The van der Waals surface area contributed by atoms with Gasteiger partial charge in [-0.25, -0.2) is 9.97 Å². The first-order chi connectivity index (χ1) is 8.60. The van der Waals surface area contributed by atoms with Crippen LogP contribution < -0.4 is 5.73 Å². The average molecular weight is 306 g/mol. The molecule has 0 aliphatic carbocycles. The fourth-order valence-corrected chi connectivity index (χ4v) is 2.11. The van der Waals surface area contributed by atoms with Crippen molar-refractivity contribution in [2.24, 2.45) is 5.73 Å². The van der Waals surface area contributed by atoms with Crippen LogP contribution in [0.4, 0.5) is 0 Å². The molecule has 1 unspecified atom stereocenters. The largest absolute Gasteiger partial charge is 0.330 e. The fourth-order valence-electron chi connectivity index (χ4n) is 1.71. The Morgan fingerprint density at radius 3 is 2.72 bits per heavy atom. The van der Waals surface area contributed by atoms with Gasteiger partial charge in [0.25, 0.3) is 0 Å². The summed E-state index contributed by atoms with van der Waals surface area (Å²) < 4.78 is 1.05. The summed E-state index contributed by atoms with van der Waals surface area (Å²) >= 11 is 3.48. The van der Waals surface area contributed by atoms with Crippen LogP contribution in [0.25, 0.3) is 11.3 Å². The van der Waals surface area contributed by atoms with Crippen molar-refractivity contribution in [3.8, 4) is 11.3 Å². The van der Waals surface area contributed by atoms with Gasteiger partial charge in [-0.2, -0.15) is 0 Å². The first-order valence-corrected chi connectivity index (χ1v) is 6.71. The number of nitrogens with zero attached hydrogens (tertiary/aromatic N) is 2. The van der Waals surface area contributed by atoms with Crippen molar-refractivity contribution >= 4 is 15.9 Å². The van der Waals surface area contributed by atoms with E-state index in [-0.39, 0.29) is 5.92 Å². The van der Waals surface area contributed by atoms with Crippen molar-refractivity contribution in [3.63, 3.8) is 0 Å². The van der Waals surface area contributed by atoms with Gasteiger partial charge in [0.05, 0.1) is 5.69 Å². The summed E-state index contributed by atoms with van der Waals surface area (Å²) in [7, 11) is 0. The smallest absolute Gasteiger partial charge is 0.133 e. The molecule has 4 heteroatoms. The molecule has 0 bridgehead atoms. The lowest BCUT2D eigenvalue weighted by Gasteiger charge is -2.10. The number of rotatable bonds is 3. The van der Waals surface area contributed by atoms with Gasteiger partial charge in [-0.3, -0.25) is 0 Å². The molecule has 1 atom stereocenters. The topological polar surface area (TPSA) is 51.8 Å². The van der Waals surface area contributed by atoms with Crippen molar-refractivity contribution in [1.29, 1.82) is 0 Å². The molecule has 0 amide bonds. The third kappa shape index (κ3) is 2.94. The Morgan fingerprint density at radius 1 is 1.28 bits per heavy atom. The predicted molar refractivity (Wildman–Crippen MR) is 77.4 cm³/mol. The summed E-state index contributed by atoms with van der Waals surface area (Å²) in [4.78, 5) is 9.05. The summed E-state index contributed by atoms with van der Waals surface area (Å²) in [6, 6.07) is 10.1. The zero-order valence-corrected chi connectivity index (χ0v) is 12.1. The molecule has 0 fully saturated rings. The van der Waals surface area contributed by atoms with E-state index in [1.807, 2.05) is 38.1 Å². The Labute approximate surface area is 116 Å². The molecule has 1 heterocycles. The first-order valence-electron chi connectivity index (χ1n) is 5.91. The summed E-state index contributed by atoms with van der Waals surface area (Å²) in [6.07, 6.45) is 0. The fraction of sp³-hybridized carbons (Fsp3) is 0.286. The monoisotopic (exact) mass is 305 g/mol.